The number of pyridine rings is 1. The minimum absolute atomic E-state index is 0.421. The normalized spacial score (nSPS) is 10.7. The molecule has 72 valence electrons. The van der Waals surface area contributed by atoms with Gasteiger partial charge in [0.2, 0.25) is 0 Å². The molecule has 0 aliphatic rings. The second kappa shape index (κ2) is 3.23. The lowest BCUT2D eigenvalue weighted by Gasteiger charge is -1.98. The van der Waals surface area contributed by atoms with Gasteiger partial charge in [0.1, 0.15) is 11.3 Å². The van der Waals surface area contributed by atoms with E-state index in [9.17, 15) is 4.79 Å². The average Bonchev–Trinajstić information content (AvgIpc) is 2.41. The fraction of sp³-hybridized carbons (Fsp3) is 0.111. The van der Waals surface area contributed by atoms with Gasteiger partial charge in [0.05, 0.1) is 3.57 Å². The quantitative estimate of drug-likeness (QED) is 0.807. The number of aromatic nitrogens is 2. The Kier molecular flexibility index (Phi) is 2.18. The number of aryl methyl sites for hydroxylation is 1. The summed E-state index contributed by atoms with van der Waals surface area (Å²) in [5, 5.41) is 0.962. The molecule has 0 aliphatic heterocycles. The van der Waals surface area contributed by atoms with Crippen LogP contribution in [-0.2, 0) is 7.05 Å². The molecule has 2 rings (SSSR count). The molecule has 0 aromatic carbocycles. The Bertz CT molecular complexity index is 479. The molecule has 0 saturated carbocycles. The molecule has 0 aliphatic carbocycles. The van der Waals surface area contributed by atoms with Gasteiger partial charge in [0, 0.05) is 18.6 Å². The maximum atomic E-state index is 11.2. The van der Waals surface area contributed by atoms with Crippen molar-refractivity contribution in [2.75, 3.05) is 0 Å². The summed E-state index contributed by atoms with van der Waals surface area (Å²) in [5.41, 5.74) is 6.58. The number of fused-ring (bicyclic) bond motifs is 1. The Morgan fingerprint density at radius 2 is 2.36 bits per heavy atom. The zero-order valence-corrected chi connectivity index (χ0v) is 9.65. The molecule has 0 saturated heterocycles. The van der Waals surface area contributed by atoms with Crippen LogP contribution >= 0.6 is 22.6 Å². The van der Waals surface area contributed by atoms with Gasteiger partial charge in [0.15, 0.2) is 0 Å². The number of carbonyl (C=O) groups excluding carboxylic acids is 1. The van der Waals surface area contributed by atoms with E-state index in [4.69, 9.17) is 5.73 Å². The second-order valence-corrected chi connectivity index (χ2v) is 4.04. The lowest BCUT2D eigenvalue weighted by Crippen LogP contribution is -2.16. The van der Waals surface area contributed by atoms with Crippen molar-refractivity contribution in [1.29, 1.82) is 0 Å². The second-order valence-electron chi connectivity index (χ2n) is 2.96. The SMILES string of the molecule is Cn1c(C(N)=O)c(I)c2cccnc21. The molecule has 4 nitrogen and oxygen atoms in total. The zero-order valence-electron chi connectivity index (χ0n) is 7.49. The highest BCUT2D eigenvalue weighted by molar-refractivity contribution is 14.1. The van der Waals surface area contributed by atoms with E-state index in [1.54, 1.807) is 17.8 Å². The highest BCUT2D eigenvalue weighted by Crippen LogP contribution is 2.24. The number of nitrogens with two attached hydrogens (primary N) is 1. The van der Waals surface area contributed by atoms with Crippen LogP contribution in [0.15, 0.2) is 18.3 Å². The molecule has 0 radical (unpaired) electrons. The smallest absolute Gasteiger partial charge is 0.266 e. The summed E-state index contributed by atoms with van der Waals surface area (Å²) in [6.45, 7) is 0. The topological polar surface area (TPSA) is 60.9 Å². The van der Waals surface area contributed by atoms with E-state index in [0.29, 0.717) is 5.69 Å². The highest BCUT2D eigenvalue weighted by Gasteiger charge is 2.16. The van der Waals surface area contributed by atoms with Crippen molar-refractivity contribution in [3.8, 4) is 0 Å². The van der Waals surface area contributed by atoms with Crippen LogP contribution in [-0.4, -0.2) is 15.5 Å². The van der Waals surface area contributed by atoms with Crippen molar-refractivity contribution >= 4 is 39.5 Å². The van der Waals surface area contributed by atoms with Crippen LogP contribution in [0.5, 0.6) is 0 Å². The van der Waals surface area contributed by atoms with Gasteiger partial charge in [-0.2, -0.15) is 0 Å². The first kappa shape index (κ1) is 9.45. The summed E-state index contributed by atoms with van der Waals surface area (Å²) in [5.74, 6) is -0.421. The molecule has 0 fully saturated rings. The number of rotatable bonds is 1. The van der Waals surface area contributed by atoms with Crippen LogP contribution in [0.25, 0.3) is 11.0 Å². The van der Waals surface area contributed by atoms with Crippen molar-refractivity contribution in [2.24, 2.45) is 12.8 Å². The Morgan fingerprint density at radius 3 is 2.93 bits per heavy atom. The summed E-state index contributed by atoms with van der Waals surface area (Å²) in [6.07, 6.45) is 1.70. The van der Waals surface area contributed by atoms with Crippen LogP contribution in [0.3, 0.4) is 0 Å². The maximum Gasteiger partial charge on any atom is 0.266 e. The summed E-state index contributed by atoms with van der Waals surface area (Å²) in [7, 11) is 1.79. The largest absolute Gasteiger partial charge is 0.364 e. The number of nitrogens with zero attached hydrogens (tertiary/aromatic N) is 2. The lowest BCUT2D eigenvalue weighted by molar-refractivity contribution is 0.0992. The van der Waals surface area contributed by atoms with Crippen molar-refractivity contribution in [2.45, 2.75) is 0 Å². The fourth-order valence-electron chi connectivity index (χ4n) is 1.49. The lowest BCUT2D eigenvalue weighted by atomic mass is 10.3. The Morgan fingerprint density at radius 1 is 1.64 bits per heavy atom. The fourth-order valence-corrected chi connectivity index (χ4v) is 2.54. The third kappa shape index (κ3) is 1.19. The number of amides is 1. The van der Waals surface area contributed by atoms with Crippen LogP contribution in [0.4, 0.5) is 0 Å². The monoisotopic (exact) mass is 301 g/mol. The molecule has 2 aromatic rings. The van der Waals surface area contributed by atoms with Crippen molar-refractivity contribution in [3.63, 3.8) is 0 Å². The molecule has 0 spiro atoms. The number of primary amides is 1. The average molecular weight is 301 g/mol. The third-order valence-corrected chi connectivity index (χ3v) is 3.21. The number of halogens is 1. The predicted molar refractivity (Wildman–Crippen MR) is 61.9 cm³/mol. The standard InChI is InChI=1S/C9H8IN3O/c1-13-7(8(11)14)6(10)5-3-2-4-12-9(5)13/h2-4H,1H3,(H2,11,14). The van der Waals surface area contributed by atoms with Gasteiger partial charge in [-0.05, 0) is 34.7 Å². The van der Waals surface area contributed by atoms with Crippen LogP contribution < -0.4 is 5.73 Å². The first-order chi connectivity index (χ1) is 6.63. The van der Waals surface area contributed by atoms with Crippen molar-refractivity contribution in [1.82, 2.24) is 9.55 Å². The Labute approximate surface area is 94.2 Å². The van der Waals surface area contributed by atoms with E-state index in [-0.39, 0.29) is 0 Å². The van der Waals surface area contributed by atoms with Gasteiger partial charge in [-0.1, -0.05) is 0 Å². The van der Waals surface area contributed by atoms with E-state index in [1.165, 1.54) is 0 Å². The van der Waals surface area contributed by atoms with Crippen LogP contribution in [0, 0.1) is 3.57 Å². The van der Waals surface area contributed by atoms with Gasteiger partial charge in [-0.3, -0.25) is 4.79 Å². The molecular formula is C9H8IN3O. The van der Waals surface area contributed by atoms with Gasteiger partial charge in [0.25, 0.3) is 5.91 Å². The number of carbonyl (C=O) groups is 1. The van der Waals surface area contributed by atoms with E-state index >= 15 is 0 Å². The molecule has 5 heteroatoms. The van der Waals surface area contributed by atoms with Crippen molar-refractivity contribution in [3.05, 3.63) is 27.6 Å². The molecule has 1 amide bonds. The summed E-state index contributed by atoms with van der Waals surface area (Å²) < 4.78 is 2.58. The first-order valence-electron chi connectivity index (χ1n) is 4.01. The predicted octanol–water partition coefficient (Wildman–Crippen LogP) is 1.28. The molecular weight excluding hydrogens is 293 g/mol. The molecule has 0 bridgehead atoms. The van der Waals surface area contributed by atoms with E-state index in [0.717, 1.165) is 14.6 Å². The third-order valence-electron chi connectivity index (χ3n) is 2.12. The van der Waals surface area contributed by atoms with Gasteiger partial charge in [-0.15, -0.1) is 0 Å². The summed E-state index contributed by atoms with van der Waals surface area (Å²) in [6, 6.07) is 3.77. The minimum atomic E-state index is -0.421. The Hall–Kier alpha value is -1.11. The van der Waals surface area contributed by atoms with E-state index in [1.807, 2.05) is 12.1 Å². The van der Waals surface area contributed by atoms with Crippen LogP contribution in [0.2, 0.25) is 0 Å². The van der Waals surface area contributed by atoms with Crippen LogP contribution in [0.1, 0.15) is 10.5 Å². The Balaban J connectivity index is 2.92. The molecule has 0 unspecified atom stereocenters. The van der Waals surface area contributed by atoms with Gasteiger partial charge in [-0.25, -0.2) is 4.98 Å². The molecule has 2 aromatic heterocycles. The molecule has 14 heavy (non-hydrogen) atoms. The number of hydrogen-bond acceptors (Lipinski definition) is 2. The maximum absolute atomic E-state index is 11.2. The van der Waals surface area contributed by atoms with E-state index < -0.39 is 5.91 Å². The highest BCUT2D eigenvalue weighted by atomic mass is 127. The zero-order chi connectivity index (χ0) is 10.3. The summed E-state index contributed by atoms with van der Waals surface area (Å²) >= 11 is 2.11. The number of hydrogen-bond donors (Lipinski definition) is 1. The molecule has 2 N–H and O–H groups in total. The molecule has 2 heterocycles. The van der Waals surface area contributed by atoms with Crippen molar-refractivity contribution < 1.29 is 4.79 Å². The summed E-state index contributed by atoms with van der Waals surface area (Å²) in [4.78, 5) is 15.4. The van der Waals surface area contributed by atoms with Gasteiger partial charge >= 0.3 is 0 Å². The minimum Gasteiger partial charge on any atom is -0.364 e. The van der Waals surface area contributed by atoms with E-state index in [2.05, 4.69) is 27.6 Å². The van der Waals surface area contributed by atoms with Gasteiger partial charge < -0.3 is 10.3 Å². The first-order valence-corrected chi connectivity index (χ1v) is 5.09. The molecule has 0 atom stereocenters.